The summed E-state index contributed by atoms with van der Waals surface area (Å²) in [4.78, 5) is 28.8. The number of nitrogens with zero attached hydrogens (tertiary/aromatic N) is 3. The van der Waals surface area contributed by atoms with E-state index in [2.05, 4.69) is 23.7 Å². The fourth-order valence-electron chi connectivity index (χ4n) is 3.37. The van der Waals surface area contributed by atoms with Crippen LogP contribution in [-0.2, 0) is 6.54 Å². The van der Waals surface area contributed by atoms with Gasteiger partial charge in [-0.1, -0.05) is 23.5 Å². The predicted octanol–water partition coefficient (Wildman–Crippen LogP) is 5.37. The third-order valence-electron chi connectivity index (χ3n) is 4.54. The number of fused-ring (bicyclic) bond motifs is 2. The van der Waals surface area contributed by atoms with Crippen molar-refractivity contribution in [1.29, 1.82) is 0 Å². The number of nitro benzene ring substituents is 1. The Bertz CT molecular complexity index is 1380. The third kappa shape index (κ3) is 3.52. The van der Waals surface area contributed by atoms with Crippen molar-refractivity contribution in [2.45, 2.75) is 20.4 Å². The van der Waals surface area contributed by atoms with Crippen LogP contribution in [0.25, 0.3) is 20.3 Å². The summed E-state index contributed by atoms with van der Waals surface area (Å²) in [6.45, 7) is 8.47. The van der Waals surface area contributed by atoms with Crippen LogP contribution >= 0.6 is 22.7 Å². The number of hydrogen-bond acceptors (Lipinski definition) is 5. The molecule has 4 rings (SSSR count). The number of carbonyl (C=O) groups is 1. The van der Waals surface area contributed by atoms with Gasteiger partial charge in [0.05, 0.1) is 20.0 Å². The molecule has 2 aromatic heterocycles. The first-order valence-corrected chi connectivity index (χ1v) is 10.5. The minimum atomic E-state index is -0.442. The van der Waals surface area contributed by atoms with Gasteiger partial charge in [-0.2, -0.15) is 4.99 Å². The second-order valence-electron chi connectivity index (χ2n) is 6.72. The first kappa shape index (κ1) is 19.2. The number of carbonyl (C=O) groups excluding carboxylic acids is 1. The van der Waals surface area contributed by atoms with Gasteiger partial charge in [0.2, 0.25) is 0 Å². The number of nitro groups is 1. The van der Waals surface area contributed by atoms with Crippen molar-refractivity contribution in [1.82, 2.24) is 4.57 Å². The lowest BCUT2D eigenvalue weighted by Crippen LogP contribution is -2.16. The number of amides is 1. The topological polar surface area (TPSA) is 77.5 Å². The fourth-order valence-corrected chi connectivity index (χ4v) is 5.51. The van der Waals surface area contributed by atoms with Crippen molar-refractivity contribution in [2.75, 3.05) is 0 Å². The summed E-state index contributed by atoms with van der Waals surface area (Å²) in [6, 6.07) is 10.5. The lowest BCUT2D eigenvalue weighted by molar-refractivity contribution is -0.384. The molecule has 0 aliphatic rings. The van der Waals surface area contributed by atoms with Crippen molar-refractivity contribution >= 4 is 54.6 Å². The number of thiophene rings is 1. The summed E-state index contributed by atoms with van der Waals surface area (Å²) in [6.07, 6.45) is 1.79. The Morgan fingerprint density at radius 3 is 2.72 bits per heavy atom. The number of aromatic nitrogens is 1. The molecule has 29 heavy (non-hydrogen) atoms. The van der Waals surface area contributed by atoms with E-state index in [1.165, 1.54) is 34.8 Å². The monoisotopic (exact) mass is 423 g/mol. The average molecular weight is 424 g/mol. The van der Waals surface area contributed by atoms with Gasteiger partial charge in [-0.3, -0.25) is 14.9 Å². The average Bonchev–Trinajstić information content (AvgIpc) is 3.23. The highest BCUT2D eigenvalue weighted by molar-refractivity contribution is 7.21. The van der Waals surface area contributed by atoms with Gasteiger partial charge in [-0.05, 0) is 43.2 Å². The second kappa shape index (κ2) is 7.38. The maximum Gasteiger partial charge on any atom is 0.289 e. The van der Waals surface area contributed by atoms with E-state index in [0.717, 1.165) is 26.0 Å². The van der Waals surface area contributed by atoms with Gasteiger partial charge in [-0.15, -0.1) is 17.9 Å². The molecule has 0 saturated carbocycles. The Morgan fingerprint density at radius 1 is 1.21 bits per heavy atom. The molecule has 0 aliphatic heterocycles. The molecule has 0 bridgehead atoms. The molecule has 4 aromatic rings. The number of non-ortho nitro benzene ring substituents is 1. The summed E-state index contributed by atoms with van der Waals surface area (Å²) in [5, 5.41) is 11.6. The van der Waals surface area contributed by atoms with Gasteiger partial charge in [0.25, 0.3) is 11.6 Å². The highest BCUT2D eigenvalue weighted by Gasteiger charge is 2.15. The number of thiazole rings is 1. The Hall–Kier alpha value is -3.10. The van der Waals surface area contributed by atoms with Crippen LogP contribution in [-0.4, -0.2) is 15.4 Å². The molecule has 146 valence electrons. The predicted molar refractivity (Wildman–Crippen MR) is 118 cm³/mol. The summed E-state index contributed by atoms with van der Waals surface area (Å²) in [5.41, 5.74) is 3.34. The first-order chi connectivity index (χ1) is 13.9. The van der Waals surface area contributed by atoms with Gasteiger partial charge in [0.15, 0.2) is 4.80 Å². The molecule has 0 radical (unpaired) electrons. The molecule has 0 fully saturated rings. The SMILES string of the molecule is C=CCn1c(=NC(=O)c2cc3cc([N+](=O)[O-])ccc3s2)sc2cc(C)cc(C)c21. The fraction of sp³-hybridized carbons (Fsp3) is 0.143. The minimum absolute atomic E-state index is 0.00501. The van der Waals surface area contributed by atoms with Crippen LogP contribution in [0, 0.1) is 24.0 Å². The molecule has 2 heterocycles. The van der Waals surface area contributed by atoms with Crippen LogP contribution in [0.4, 0.5) is 5.69 Å². The lowest BCUT2D eigenvalue weighted by atomic mass is 10.1. The first-order valence-electron chi connectivity index (χ1n) is 8.86. The molecule has 0 N–H and O–H groups in total. The molecule has 0 spiro atoms. The number of aryl methyl sites for hydroxylation is 2. The zero-order valence-corrected chi connectivity index (χ0v) is 17.5. The summed E-state index contributed by atoms with van der Waals surface area (Å²) < 4.78 is 3.89. The molecule has 0 aliphatic carbocycles. The van der Waals surface area contributed by atoms with Gasteiger partial charge in [-0.25, -0.2) is 0 Å². The van der Waals surface area contributed by atoms with Crippen LogP contribution in [0.2, 0.25) is 0 Å². The molecular weight excluding hydrogens is 406 g/mol. The number of hydrogen-bond donors (Lipinski definition) is 0. The highest BCUT2D eigenvalue weighted by atomic mass is 32.1. The Kier molecular flexibility index (Phi) is 4.89. The molecule has 2 aromatic carbocycles. The maximum atomic E-state index is 12.9. The minimum Gasteiger partial charge on any atom is -0.312 e. The quantitative estimate of drug-likeness (QED) is 0.251. The van der Waals surface area contributed by atoms with Crippen LogP contribution in [0.15, 0.2) is 54.0 Å². The van der Waals surface area contributed by atoms with E-state index in [9.17, 15) is 14.9 Å². The molecule has 1 amide bonds. The van der Waals surface area contributed by atoms with Crippen LogP contribution in [0.1, 0.15) is 20.8 Å². The number of allylic oxidation sites excluding steroid dienone is 1. The van der Waals surface area contributed by atoms with E-state index in [1.54, 1.807) is 18.2 Å². The van der Waals surface area contributed by atoms with Crippen molar-refractivity contribution in [3.05, 3.63) is 80.0 Å². The Labute approximate surface area is 174 Å². The van der Waals surface area contributed by atoms with E-state index in [-0.39, 0.29) is 11.6 Å². The van der Waals surface area contributed by atoms with Gasteiger partial charge >= 0.3 is 0 Å². The van der Waals surface area contributed by atoms with Crippen molar-refractivity contribution in [2.24, 2.45) is 4.99 Å². The Morgan fingerprint density at radius 2 is 2.00 bits per heavy atom. The van der Waals surface area contributed by atoms with E-state index < -0.39 is 4.92 Å². The molecule has 8 heteroatoms. The lowest BCUT2D eigenvalue weighted by Gasteiger charge is -2.05. The third-order valence-corrected chi connectivity index (χ3v) is 6.67. The van der Waals surface area contributed by atoms with E-state index in [4.69, 9.17) is 0 Å². The zero-order chi connectivity index (χ0) is 20.7. The molecule has 0 unspecified atom stereocenters. The molecule has 0 atom stereocenters. The zero-order valence-electron chi connectivity index (χ0n) is 15.8. The van der Waals surface area contributed by atoms with Crippen molar-refractivity contribution in [3.63, 3.8) is 0 Å². The normalized spacial score (nSPS) is 12.0. The number of rotatable bonds is 4. The van der Waals surface area contributed by atoms with Gasteiger partial charge < -0.3 is 4.57 Å². The summed E-state index contributed by atoms with van der Waals surface area (Å²) in [5.74, 6) is -0.354. The smallest absolute Gasteiger partial charge is 0.289 e. The van der Waals surface area contributed by atoms with Gasteiger partial charge in [0.1, 0.15) is 0 Å². The number of benzene rings is 2. The van der Waals surface area contributed by atoms with E-state index in [0.29, 0.717) is 21.6 Å². The van der Waals surface area contributed by atoms with Gasteiger partial charge in [0, 0.05) is 28.8 Å². The van der Waals surface area contributed by atoms with Crippen molar-refractivity contribution in [3.8, 4) is 0 Å². The van der Waals surface area contributed by atoms with E-state index in [1.807, 2.05) is 18.4 Å². The van der Waals surface area contributed by atoms with E-state index >= 15 is 0 Å². The molecule has 0 saturated heterocycles. The summed E-state index contributed by atoms with van der Waals surface area (Å²) in [7, 11) is 0. The standard InChI is InChI=1S/C21H17N3O3S2/c1-4-7-23-19-13(3)8-12(2)9-17(19)29-21(23)22-20(25)18-11-14-10-15(24(26)27)5-6-16(14)28-18/h4-6,8-11H,1,7H2,2-3H3. The summed E-state index contributed by atoms with van der Waals surface area (Å²) >= 11 is 2.76. The van der Waals surface area contributed by atoms with Crippen LogP contribution in [0.5, 0.6) is 0 Å². The van der Waals surface area contributed by atoms with Crippen molar-refractivity contribution < 1.29 is 9.72 Å². The second-order valence-corrected chi connectivity index (χ2v) is 8.81. The molecular formula is C21H17N3O3S2. The largest absolute Gasteiger partial charge is 0.312 e. The van der Waals surface area contributed by atoms with Crippen LogP contribution in [0.3, 0.4) is 0 Å². The maximum absolute atomic E-state index is 12.9. The highest BCUT2D eigenvalue weighted by Crippen LogP contribution is 2.29. The molecule has 6 nitrogen and oxygen atoms in total. The Balaban J connectivity index is 1.84. The van der Waals surface area contributed by atoms with Crippen LogP contribution < -0.4 is 4.80 Å².